The van der Waals surface area contributed by atoms with Crippen LogP contribution in [-0.4, -0.2) is 38.3 Å². The maximum atomic E-state index is 13.6. The van der Waals surface area contributed by atoms with E-state index in [9.17, 15) is 18.7 Å². The zero-order chi connectivity index (χ0) is 26.5. The number of hydrogen-bond acceptors (Lipinski definition) is 7. The van der Waals surface area contributed by atoms with Crippen LogP contribution in [0.4, 0.5) is 8.78 Å². The number of carbonyl (C=O) groups excluding carboxylic acids is 1. The molecule has 8 nitrogen and oxygen atoms in total. The molecule has 0 unspecified atom stereocenters. The third kappa shape index (κ3) is 5.87. The first-order valence-corrected chi connectivity index (χ1v) is 11.8. The molecule has 0 aliphatic carbocycles. The normalized spacial score (nSPS) is 15.9. The largest absolute Gasteiger partial charge is 0.485 e. The minimum atomic E-state index is -1.29. The molecule has 2 atom stereocenters. The molecule has 4 aromatic rings. The first kappa shape index (κ1) is 25.1. The lowest BCUT2D eigenvalue weighted by Crippen LogP contribution is -2.33. The van der Waals surface area contributed by atoms with Crippen LogP contribution in [0.3, 0.4) is 0 Å². The fraction of sp³-hybridized carbons (Fsp3) is 0.179. The zero-order valence-electron chi connectivity index (χ0n) is 20.0. The van der Waals surface area contributed by atoms with E-state index in [1.807, 2.05) is 60.7 Å². The van der Waals surface area contributed by atoms with E-state index < -0.39 is 29.8 Å². The van der Waals surface area contributed by atoms with Crippen LogP contribution in [0.5, 0.6) is 0 Å². The van der Waals surface area contributed by atoms with Crippen molar-refractivity contribution in [2.75, 3.05) is 0 Å². The summed E-state index contributed by atoms with van der Waals surface area (Å²) in [5.74, 6) is -2.32. The minimum absolute atomic E-state index is 0.0647. The lowest BCUT2D eigenvalue weighted by atomic mass is 10.1. The first-order chi connectivity index (χ1) is 18.5. The lowest BCUT2D eigenvalue weighted by molar-refractivity contribution is -0.148. The molecule has 5 rings (SSSR count). The van der Waals surface area contributed by atoms with Gasteiger partial charge in [0.15, 0.2) is 11.9 Å². The van der Waals surface area contributed by atoms with Crippen molar-refractivity contribution in [1.29, 1.82) is 0 Å². The van der Waals surface area contributed by atoms with Crippen molar-refractivity contribution in [2.45, 2.75) is 32.0 Å². The molecular weight excluding hydrogens is 496 g/mol. The molecule has 38 heavy (non-hydrogen) atoms. The van der Waals surface area contributed by atoms with Crippen molar-refractivity contribution < 1.29 is 32.9 Å². The van der Waals surface area contributed by atoms with Gasteiger partial charge in [0.05, 0.1) is 12.7 Å². The molecular formula is C28H23F2N3O5. The Morgan fingerprint density at radius 3 is 2.16 bits per heavy atom. The summed E-state index contributed by atoms with van der Waals surface area (Å²) >= 11 is 0. The van der Waals surface area contributed by atoms with Gasteiger partial charge < -0.3 is 19.3 Å². The number of cyclic esters (lactones) is 1. The van der Waals surface area contributed by atoms with Crippen LogP contribution in [0, 0.1) is 11.6 Å². The van der Waals surface area contributed by atoms with Crippen molar-refractivity contribution >= 4 is 5.97 Å². The van der Waals surface area contributed by atoms with Crippen LogP contribution in [-0.2, 0) is 38.8 Å². The molecule has 1 N–H and O–H groups in total. The van der Waals surface area contributed by atoms with E-state index in [0.717, 1.165) is 29.3 Å². The van der Waals surface area contributed by atoms with Gasteiger partial charge in [0.1, 0.15) is 36.6 Å². The second-order valence-electron chi connectivity index (χ2n) is 8.62. The van der Waals surface area contributed by atoms with Crippen molar-refractivity contribution in [3.63, 3.8) is 0 Å². The molecule has 0 saturated carbocycles. The van der Waals surface area contributed by atoms with Gasteiger partial charge in [0.25, 0.3) is 0 Å². The molecule has 0 radical (unpaired) electrons. The standard InChI is InChI=1S/C28H23F2N3O5/c29-21-11-20(12-22(30)13-21)23-14-33(32-31-23)15-24(34)25-26(36-16-18-7-3-1-4-8-18)27(28(35)38-25)37-17-19-9-5-2-6-10-19/h1-14,24-25,34H,15-17H2/t24-,25+/m0/s1. The SMILES string of the molecule is O=C1O[C@H]([C@@H](O)Cn2cc(-c3cc(F)cc(F)c3)nn2)C(OCc2ccccc2)=C1OCc1ccccc1. The number of rotatable bonds is 10. The van der Waals surface area contributed by atoms with Crippen LogP contribution >= 0.6 is 0 Å². The third-order valence-electron chi connectivity index (χ3n) is 5.79. The van der Waals surface area contributed by atoms with Crippen molar-refractivity contribution in [1.82, 2.24) is 15.0 Å². The summed E-state index contributed by atoms with van der Waals surface area (Å²) in [6.45, 7) is 0.0721. The maximum Gasteiger partial charge on any atom is 0.378 e. The van der Waals surface area contributed by atoms with E-state index in [2.05, 4.69) is 10.3 Å². The molecule has 3 aromatic carbocycles. The fourth-order valence-corrected chi connectivity index (χ4v) is 3.96. The van der Waals surface area contributed by atoms with Gasteiger partial charge in [-0.25, -0.2) is 18.3 Å². The highest BCUT2D eigenvalue weighted by Crippen LogP contribution is 2.30. The maximum absolute atomic E-state index is 13.6. The second kappa shape index (κ2) is 11.2. The Labute approximate surface area is 216 Å². The summed E-state index contributed by atoms with van der Waals surface area (Å²) < 4.78 is 45.7. The van der Waals surface area contributed by atoms with Gasteiger partial charge in [-0.15, -0.1) is 5.10 Å². The summed E-state index contributed by atoms with van der Waals surface area (Å²) in [4.78, 5) is 12.7. The van der Waals surface area contributed by atoms with Crippen LogP contribution in [0.2, 0.25) is 0 Å². The van der Waals surface area contributed by atoms with E-state index in [0.29, 0.717) is 0 Å². The number of esters is 1. The minimum Gasteiger partial charge on any atom is -0.485 e. The summed E-state index contributed by atoms with van der Waals surface area (Å²) in [6, 6.07) is 21.6. The van der Waals surface area contributed by atoms with Crippen molar-refractivity contribution in [3.05, 3.63) is 119 Å². The van der Waals surface area contributed by atoms with Gasteiger partial charge in [-0.1, -0.05) is 65.9 Å². The monoisotopic (exact) mass is 519 g/mol. The Morgan fingerprint density at radius 1 is 0.921 bits per heavy atom. The van der Waals surface area contributed by atoms with E-state index in [1.54, 1.807) is 0 Å². The number of aliphatic hydroxyl groups is 1. The van der Waals surface area contributed by atoms with Gasteiger partial charge in [0, 0.05) is 11.6 Å². The molecule has 0 bridgehead atoms. The highest BCUT2D eigenvalue weighted by atomic mass is 19.1. The molecule has 0 amide bonds. The third-order valence-corrected chi connectivity index (χ3v) is 5.79. The predicted molar refractivity (Wildman–Crippen MR) is 131 cm³/mol. The van der Waals surface area contributed by atoms with E-state index in [4.69, 9.17) is 14.2 Å². The molecule has 1 aliphatic rings. The average Bonchev–Trinajstić information content (AvgIpc) is 3.51. The van der Waals surface area contributed by atoms with Gasteiger partial charge in [-0.2, -0.15) is 0 Å². The van der Waals surface area contributed by atoms with Crippen molar-refractivity contribution in [2.24, 2.45) is 0 Å². The summed E-state index contributed by atoms with van der Waals surface area (Å²) in [5, 5.41) is 18.9. The average molecular weight is 520 g/mol. The molecule has 0 fully saturated rings. The lowest BCUT2D eigenvalue weighted by Gasteiger charge is -2.20. The smallest absolute Gasteiger partial charge is 0.378 e. The number of nitrogens with zero attached hydrogens (tertiary/aromatic N) is 3. The topological polar surface area (TPSA) is 95.7 Å². The molecule has 10 heteroatoms. The Kier molecular flexibility index (Phi) is 7.41. The molecule has 194 valence electrons. The Bertz CT molecular complexity index is 1420. The Morgan fingerprint density at radius 2 is 1.53 bits per heavy atom. The number of halogens is 2. The fourth-order valence-electron chi connectivity index (χ4n) is 3.96. The highest BCUT2D eigenvalue weighted by Gasteiger charge is 2.42. The zero-order valence-corrected chi connectivity index (χ0v) is 20.0. The molecule has 0 spiro atoms. The van der Waals surface area contributed by atoms with Crippen LogP contribution in [0.15, 0.2) is 96.6 Å². The second-order valence-corrected chi connectivity index (χ2v) is 8.62. The number of carbonyl (C=O) groups is 1. The van der Waals surface area contributed by atoms with Crippen molar-refractivity contribution in [3.8, 4) is 11.3 Å². The number of benzene rings is 3. The van der Waals surface area contributed by atoms with Crippen LogP contribution in [0.25, 0.3) is 11.3 Å². The van der Waals surface area contributed by atoms with Gasteiger partial charge in [0.2, 0.25) is 5.76 Å². The van der Waals surface area contributed by atoms with Gasteiger partial charge in [-0.3, -0.25) is 0 Å². The summed E-state index contributed by atoms with van der Waals surface area (Å²) in [5.41, 5.74) is 2.09. The van der Waals surface area contributed by atoms with E-state index in [1.165, 1.54) is 10.9 Å². The van der Waals surface area contributed by atoms with E-state index >= 15 is 0 Å². The number of aromatic nitrogens is 3. The summed E-state index contributed by atoms with van der Waals surface area (Å²) in [6.07, 6.45) is -1.03. The molecule has 1 aromatic heterocycles. The predicted octanol–water partition coefficient (Wildman–Crippen LogP) is 4.15. The molecule has 1 aliphatic heterocycles. The van der Waals surface area contributed by atoms with Gasteiger partial charge >= 0.3 is 5.97 Å². The summed E-state index contributed by atoms with van der Waals surface area (Å²) in [7, 11) is 0. The van der Waals surface area contributed by atoms with Gasteiger partial charge in [-0.05, 0) is 23.3 Å². The molecule has 0 saturated heterocycles. The Balaban J connectivity index is 1.35. The first-order valence-electron chi connectivity index (χ1n) is 11.8. The number of ether oxygens (including phenoxy) is 3. The molecule has 2 heterocycles. The number of hydrogen-bond donors (Lipinski definition) is 1. The van der Waals surface area contributed by atoms with Crippen LogP contribution in [0.1, 0.15) is 11.1 Å². The quantitative estimate of drug-likeness (QED) is 0.315. The highest BCUT2D eigenvalue weighted by molar-refractivity contribution is 5.89. The number of aliphatic hydroxyl groups excluding tert-OH is 1. The van der Waals surface area contributed by atoms with E-state index in [-0.39, 0.29) is 42.5 Å². The van der Waals surface area contributed by atoms with Crippen LogP contribution < -0.4 is 0 Å². The Hall–Kier alpha value is -4.57.